The van der Waals surface area contributed by atoms with Gasteiger partial charge in [-0.3, -0.25) is 0 Å². The highest BCUT2D eigenvalue weighted by molar-refractivity contribution is 5.43. The SMILES string of the molecule is OCCCCc1c(C(F)(F)F)cc(C(F)(F)F)cc1C(F)(F)F. The number of aliphatic hydroxyl groups is 1. The maximum absolute atomic E-state index is 12.9. The summed E-state index contributed by atoms with van der Waals surface area (Å²) < 4.78 is 115. The molecule has 0 aliphatic rings. The van der Waals surface area contributed by atoms with E-state index in [1.165, 1.54) is 0 Å². The van der Waals surface area contributed by atoms with Crippen molar-refractivity contribution < 1.29 is 44.6 Å². The number of unbranched alkanes of at least 4 members (excludes halogenated alkanes) is 1. The Morgan fingerprint density at radius 3 is 1.43 bits per heavy atom. The summed E-state index contributed by atoms with van der Waals surface area (Å²) in [4.78, 5) is 0. The van der Waals surface area contributed by atoms with Crippen LogP contribution < -0.4 is 0 Å². The van der Waals surface area contributed by atoms with Gasteiger partial charge in [0.2, 0.25) is 0 Å². The van der Waals surface area contributed by atoms with E-state index in [4.69, 9.17) is 5.11 Å². The molecule has 1 rings (SSSR count). The lowest BCUT2D eigenvalue weighted by molar-refractivity contribution is -0.149. The summed E-state index contributed by atoms with van der Waals surface area (Å²) >= 11 is 0. The molecule has 0 unspecified atom stereocenters. The molecule has 10 heteroatoms. The Hall–Kier alpha value is -1.45. The smallest absolute Gasteiger partial charge is 0.396 e. The van der Waals surface area contributed by atoms with Crippen LogP contribution in [0.4, 0.5) is 39.5 Å². The summed E-state index contributed by atoms with van der Waals surface area (Å²) in [6, 6.07) is -0.632. The molecular weight excluding hydrogens is 343 g/mol. The lowest BCUT2D eigenvalue weighted by Gasteiger charge is -2.21. The van der Waals surface area contributed by atoms with Gasteiger partial charge in [-0.25, -0.2) is 0 Å². The van der Waals surface area contributed by atoms with Crippen LogP contribution in [0.15, 0.2) is 12.1 Å². The first-order chi connectivity index (χ1) is 10.3. The van der Waals surface area contributed by atoms with Crippen LogP contribution in [0.5, 0.6) is 0 Å². The van der Waals surface area contributed by atoms with Crippen molar-refractivity contribution in [2.75, 3.05) is 6.61 Å². The zero-order valence-corrected chi connectivity index (χ0v) is 11.3. The highest BCUT2D eigenvalue weighted by atomic mass is 19.4. The van der Waals surface area contributed by atoms with Gasteiger partial charge in [0.15, 0.2) is 0 Å². The number of hydrogen-bond donors (Lipinski definition) is 1. The van der Waals surface area contributed by atoms with Crippen LogP contribution in [-0.4, -0.2) is 11.7 Å². The van der Waals surface area contributed by atoms with Crippen molar-refractivity contribution in [2.45, 2.75) is 37.8 Å². The second-order valence-electron chi connectivity index (χ2n) is 4.72. The summed E-state index contributed by atoms with van der Waals surface area (Å²) in [6.07, 6.45) is -17.1. The molecule has 0 bridgehead atoms. The predicted molar refractivity (Wildman–Crippen MR) is 61.5 cm³/mol. The lowest BCUT2D eigenvalue weighted by Crippen LogP contribution is -2.20. The van der Waals surface area contributed by atoms with Gasteiger partial charge in [-0.05, 0) is 37.0 Å². The van der Waals surface area contributed by atoms with Gasteiger partial charge in [-0.1, -0.05) is 0 Å². The van der Waals surface area contributed by atoms with Gasteiger partial charge in [-0.2, -0.15) is 39.5 Å². The number of benzene rings is 1. The molecule has 0 saturated carbocycles. The Bertz CT molecular complexity index is 505. The maximum atomic E-state index is 12.9. The second kappa shape index (κ2) is 6.58. The highest BCUT2D eigenvalue weighted by Gasteiger charge is 2.44. The first-order valence-corrected chi connectivity index (χ1v) is 6.28. The average Bonchev–Trinajstić information content (AvgIpc) is 2.35. The monoisotopic (exact) mass is 354 g/mol. The van der Waals surface area contributed by atoms with E-state index in [1.54, 1.807) is 0 Å². The van der Waals surface area contributed by atoms with Crippen LogP contribution in [0.1, 0.15) is 35.1 Å². The average molecular weight is 354 g/mol. The van der Waals surface area contributed by atoms with Crippen molar-refractivity contribution in [3.05, 3.63) is 34.4 Å². The summed E-state index contributed by atoms with van der Waals surface area (Å²) in [6.45, 7) is -0.455. The van der Waals surface area contributed by atoms with E-state index in [2.05, 4.69) is 0 Å². The first kappa shape index (κ1) is 19.6. The minimum absolute atomic E-state index is 0.0738. The van der Waals surface area contributed by atoms with Crippen molar-refractivity contribution in [3.63, 3.8) is 0 Å². The minimum atomic E-state index is -5.37. The number of aliphatic hydroxyl groups excluding tert-OH is 1. The molecule has 1 aromatic carbocycles. The van der Waals surface area contributed by atoms with Crippen LogP contribution in [0.3, 0.4) is 0 Å². The quantitative estimate of drug-likeness (QED) is 0.592. The molecule has 0 aliphatic carbocycles. The molecule has 0 aromatic heterocycles. The Morgan fingerprint density at radius 2 is 1.13 bits per heavy atom. The van der Waals surface area contributed by atoms with E-state index in [0.29, 0.717) is 0 Å². The van der Waals surface area contributed by atoms with Crippen molar-refractivity contribution >= 4 is 0 Å². The number of hydrogen-bond acceptors (Lipinski definition) is 1. The Kier molecular flexibility index (Phi) is 5.61. The van der Waals surface area contributed by atoms with Crippen molar-refractivity contribution in [3.8, 4) is 0 Å². The van der Waals surface area contributed by atoms with Crippen LogP contribution in [0.25, 0.3) is 0 Å². The van der Waals surface area contributed by atoms with Gasteiger partial charge in [0.1, 0.15) is 0 Å². The Labute approximate surface area is 124 Å². The third-order valence-electron chi connectivity index (χ3n) is 3.02. The van der Waals surface area contributed by atoms with E-state index in [1.807, 2.05) is 0 Å². The summed E-state index contributed by atoms with van der Waals surface area (Å²) in [7, 11) is 0. The molecule has 1 aromatic rings. The summed E-state index contributed by atoms with van der Waals surface area (Å²) in [5.41, 5.74) is -7.18. The maximum Gasteiger partial charge on any atom is 0.416 e. The van der Waals surface area contributed by atoms with Crippen molar-refractivity contribution in [1.82, 2.24) is 0 Å². The molecule has 0 aliphatic heterocycles. The fourth-order valence-corrected chi connectivity index (χ4v) is 2.02. The number of alkyl halides is 9. The lowest BCUT2D eigenvalue weighted by atomic mass is 9.92. The molecule has 23 heavy (non-hydrogen) atoms. The third kappa shape index (κ3) is 5.02. The molecular formula is C13H11F9O. The van der Waals surface area contributed by atoms with Crippen LogP contribution in [0.2, 0.25) is 0 Å². The van der Waals surface area contributed by atoms with Crippen LogP contribution in [0, 0.1) is 0 Å². The molecule has 1 N–H and O–H groups in total. The highest BCUT2D eigenvalue weighted by Crippen LogP contribution is 2.43. The van der Waals surface area contributed by atoms with Gasteiger partial charge >= 0.3 is 18.5 Å². The molecule has 1 nitrogen and oxygen atoms in total. The predicted octanol–water partition coefficient (Wildman–Crippen LogP) is 5.06. The first-order valence-electron chi connectivity index (χ1n) is 6.28. The van der Waals surface area contributed by atoms with E-state index in [9.17, 15) is 39.5 Å². The molecule has 0 fully saturated rings. The Morgan fingerprint density at radius 1 is 0.696 bits per heavy atom. The van der Waals surface area contributed by atoms with E-state index >= 15 is 0 Å². The molecule has 0 spiro atoms. The summed E-state index contributed by atoms with van der Waals surface area (Å²) in [5, 5.41) is 8.56. The fraction of sp³-hybridized carbons (Fsp3) is 0.538. The van der Waals surface area contributed by atoms with Crippen LogP contribution >= 0.6 is 0 Å². The second-order valence-corrected chi connectivity index (χ2v) is 4.72. The molecule has 132 valence electrons. The summed E-state index contributed by atoms with van der Waals surface area (Å²) in [5.74, 6) is 0. The molecule has 0 atom stereocenters. The molecule has 0 saturated heterocycles. The normalized spacial score (nSPS) is 13.5. The van der Waals surface area contributed by atoms with E-state index in [0.717, 1.165) is 0 Å². The Balaban J connectivity index is 3.61. The number of halogens is 9. The standard InChI is InChI=1S/C13H11F9O/c14-11(15,16)7-5-9(12(17,18)19)8(3-1-2-4-23)10(6-7)13(20,21)22/h5-6,23H,1-4H2. The molecule has 0 amide bonds. The largest absolute Gasteiger partial charge is 0.416 e. The molecule has 0 heterocycles. The zero-order valence-electron chi connectivity index (χ0n) is 11.3. The zero-order chi connectivity index (χ0) is 18.1. The fourth-order valence-electron chi connectivity index (χ4n) is 2.02. The van der Waals surface area contributed by atoms with Crippen LogP contribution in [-0.2, 0) is 24.9 Å². The van der Waals surface area contributed by atoms with E-state index < -0.39 is 53.8 Å². The van der Waals surface area contributed by atoms with Crippen molar-refractivity contribution in [2.24, 2.45) is 0 Å². The third-order valence-corrected chi connectivity index (χ3v) is 3.02. The van der Waals surface area contributed by atoms with Gasteiger partial charge in [0.05, 0.1) is 16.7 Å². The minimum Gasteiger partial charge on any atom is -0.396 e. The van der Waals surface area contributed by atoms with Gasteiger partial charge in [0, 0.05) is 6.61 Å². The number of rotatable bonds is 4. The topological polar surface area (TPSA) is 20.2 Å². The van der Waals surface area contributed by atoms with Gasteiger partial charge in [-0.15, -0.1) is 0 Å². The molecule has 0 radical (unpaired) electrons. The van der Waals surface area contributed by atoms with Gasteiger partial charge in [0.25, 0.3) is 0 Å². The van der Waals surface area contributed by atoms with Crippen molar-refractivity contribution in [1.29, 1.82) is 0 Å². The van der Waals surface area contributed by atoms with Gasteiger partial charge < -0.3 is 5.11 Å². The van der Waals surface area contributed by atoms with E-state index in [-0.39, 0.29) is 25.0 Å².